The molecule has 2 heterocycles. The van der Waals surface area contributed by atoms with Crippen molar-refractivity contribution < 1.29 is 4.39 Å². The first kappa shape index (κ1) is 19.2. The molecule has 6 nitrogen and oxygen atoms in total. The van der Waals surface area contributed by atoms with Crippen molar-refractivity contribution in [3.63, 3.8) is 0 Å². The lowest BCUT2D eigenvalue weighted by atomic mass is 10.1. The van der Waals surface area contributed by atoms with Crippen LogP contribution in [0.25, 0.3) is 10.9 Å². The van der Waals surface area contributed by atoms with Gasteiger partial charge in [-0.25, -0.2) is 4.39 Å². The van der Waals surface area contributed by atoms with Crippen molar-refractivity contribution in [1.29, 1.82) is 0 Å². The van der Waals surface area contributed by atoms with Crippen LogP contribution in [0.1, 0.15) is 5.56 Å². The van der Waals surface area contributed by atoms with Crippen molar-refractivity contribution in [3.8, 4) is 0 Å². The SMILES string of the molecule is CN=C(NCCc1c[nH]c2ccc(F)cc12)NCCn1cccn1.I. The summed E-state index contributed by atoms with van der Waals surface area (Å²) in [5, 5.41) is 11.6. The van der Waals surface area contributed by atoms with Crippen molar-refractivity contribution in [2.45, 2.75) is 13.0 Å². The van der Waals surface area contributed by atoms with Gasteiger partial charge in [0.05, 0.1) is 6.54 Å². The Balaban J connectivity index is 0.00000225. The first-order valence-electron chi connectivity index (χ1n) is 7.94. The number of aliphatic imine (C=N–C) groups is 1. The summed E-state index contributed by atoms with van der Waals surface area (Å²) in [5.74, 6) is 0.528. The smallest absolute Gasteiger partial charge is 0.191 e. The molecule has 0 unspecified atom stereocenters. The van der Waals surface area contributed by atoms with Crippen LogP contribution in [0, 0.1) is 5.82 Å². The summed E-state index contributed by atoms with van der Waals surface area (Å²) in [4.78, 5) is 7.37. The highest BCUT2D eigenvalue weighted by atomic mass is 127. The van der Waals surface area contributed by atoms with Crippen LogP contribution >= 0.6 is 24.0 Å². The summed E-state index contributed by atoms with van der Waals surface area (Å²) in [7, 11) is 1.74. The maximum absolute atomic E-state index is 13.4. The van der Waals surface area contributed by atoms with Crippen LogP contribution in [0.3, 0.4) is 0 Å². The van der Waals surface area contributed by atoms with Gasteiger partial charge in [0.15, 0.2) is 5.96 Å². The van der Waals surface area contributed by atoms with Gasteiger partial charge >= 0.3 is 0 Å². The highest BCUT2D eigenvalue weighted by molar-refractivity contribution is 14.0. The van der Waals surface area contributed by atoms with Crippen molar-refractivity contribution in [2.24, 2.45) is 4.99 Å². The minimum absolute atomic E-state index is 0. The van der Waals surface area contributed by atoms with E-state index in [9.17, 15) is 4.39 Å². The number of nitrogens with one attached hydrogen (secondary N) is 3. The third-order valence-electron chi connectivity index (χ3n) is 3.83. The van der Waals surface area contributed by atoms with Gasteiger partial charge in [-0.1, -0.05) is 0 Å². The zero-order valence-electron chi connectivity index (χ0n) is 14.0. The topological polar surface area (TPSA) is 70.0 Å². The third-order valence-corrected chi connectivity index (χ3v) is 3.83. The molecule has 0 spiro atoms. The number of guanidine groups is 1. The van der Waals surface area contributed by atoms with Gasteiger partial charge in [0.1, 0.15) is 5.82 Å². The Labute approximate surface area is 162 Å². The van der Waals surface area contributed by atoms with Gasteiger partial charge in [0, 0.05) is 49.6 Å². The van der Waals surface area contributed by atoms with Crippen LogP contribution in [0.5, 0.6) is 0 Å². The molecule has 3 rings (SSSR count). The van der Waals surface area contributed by atoms with Crippen LogP contribution < -0.4 is 10.6 Å². The fourth-order valence-electron chi connectivity index (χ4n) is 2.62. The first-order valence-corrected chi connectivity index (χ1v) is 7.94. The second-order valence-corrected chi connectivity index (χ2v) is 5.45. The lowest BCUT2D eigenvalue weighted by Crippen LogP contribution is -2.39. The number of aromatic nitrogens is 3. The average Bonchev–Trinajstić information content (AvgIpc) is 3.23. The molecule has 0 radical (unpaired) electrons. The molecule has 3 N–H and O–H groups in total. The summed E-state index contributed by atoms with van der Waals surface area (Å²) in [5.41, 5.74) is 2.04. The number of benzene rings is 1. The molecule has 0 saturated heterocycles. The number of fused-ring (bicyclic) bond motifs is 1. The number of hydrogen-bond donors (Lipinski definition) is 3. The summed E-state index contributed by atoms with van der Waals surface area (Å²) in [6.45, 7) is 2.22. The summed E-state index contributed by atoms with van der Waals surface area (Å²) in [6, 6.07) is 6.69. The molecule has 8 heteroatoms. The molecule has 1 aromatic carbocycles. The van der Waals surface area contributed by atoms with E-state index >= 15 is 0 Å². The molecule has 2 aromatic heterocycles. The number of H-pyrrole nitrogens is 1. The zero-order valence-corrected chi connectivity index (χ0v) is 16.3. The van der Waals surface area contributed by atoms with E-state index in [1.165, 1.54) is 6.07 Å². The predicted molar refractivity (Wildman–Crippen MR) is 109 cm³/mol. The lowest BCUT2D eigenvalue weighted by Gasteiger charge is -2.11. The fourth-order valence-corrected chi connectivity index (χ4v) is 2.62. The average molecular weight is 456 g/mol. The molecule has 0 saturated carbocycles. The molecule has 0 aliphatic heterocycles. The van der Waals surface area contributed by atoms with Crippen molar-refractivity contribution >= 4 is 40.8 Å². The quantitative estimate of drug-likeness (QED) is 0.304. The molecule has 134 valence electrons. The van der Waals surface area contributed by atoms with E-state index in [4.69, 9.17) is 0 Å². The molecule has 0 amide bonds. The second kappa shape index (κ2) is 9.40. The third kappa shape index (κ3) is 5.18. The number of aromatic amines is 1. The number of halogens is 2. The maximum Gasteiger partial charge on any atom is 0.191 e. The van der Waals surface area contributed by atoms with E-state index in [2.05, 4.69) is 25.7 Å². The number of nitrogens with zero attached hydrogens (tertiary/aromatic N) is 3. The van der Waals surface area contributed by atoms with E-state index in [1.807, 2.05) is 23.1 Å². The van der Waals surface area contributed by atoms with Gasteiger partial charge in [0.2, 0.25) is 0 Å². The van der Waals surface area contributed by atoms with Gasteiger partial charge in [-0.15, -0.1) is 24.0 Å². The van der Waals surface area contributed by atoms with E-state index < -0.39 is 0 Å². The van der Waals surface area contributed by atoms with Crippen LogP contribution in [-0.2, 0) is 13.0 Å². The highest BCUT2D eigenvalue weighted by Crippen LogP contribution is 2.19. The van der Waals surface area contributed by atoms with Gasteiger partial charge in [0.25, 0.3) is 0 Å². The molecule has 25 heavy (non-hydrogen) atoms. The zero-order chi connectivity index (χ0) is 16.8. The Kier molecular flexibility index (Phi) is 7.23. The largest absolute Gasteiger partial charge is 0.361 e. The standard InChI is InChI=1S/C17H21FN6.HI/c1-19-17(21-8-10-24-9-2-6-23-24)20-7-5-13-12-22-16-4-3-14(18)11-15(13)16;/h2-4,6,9,11-12,22H,5,7-8,10H2,1H3,(H2,19,20,21);1H. The monoisotopic (exact) mass is 456 g/mol. The first-order chi connectivity index (χ1) is 11.8. The van der Waals surface area contributed by atoms with Crippen LogP contribution in [0.4, 0.5) is 4.39 Å². The summed E-state index contributed by atoms with van der Waals surface area (Å²) >= 11 is 0. The molecular weight excluding hydrogens is 434 g/mol. The van der Waals surface area contributed by atoms with Crippen molar-refractivity contribution in [2.75, 3.05) is 20.1 Å². The molecule has 0 atom stereocenters. The highest BCUT2D eigenvalue weighted by Gasteiger charge is 2.05. The molecule has 0 bridgehead atoms. The van der Waals surface area contributed by atoms with Crippen molar-refractivity contribution in [1.82, 2.24) is 25.4 Å². The Morgan fingerprint density at radius 1 is 1.32 bits per heavy atom. The normalized spacial score (nSPS) is 11.4. The van der Waals surface area contributed by atoms with Crippen LogP contribution in [-0.4, -0.2) is 40.9 Å². The fraction of sp³-hybridized carbons (Fsp3) is 0.294. The molecule has 3 aromatic rings. The minimum Gasteiger partial charge on any atom is -0.361 e. The molecular formula is C17H22FIN6. The van der Waals surface area contributed by atoms with Gasteiger partial charge in [-0.2, -0.15) is 5.10 Å². The molecule has 0 fully saturated rings. The van der Waals surface area contributed by atoms with Crippen LogP contribution in [0.2, 0.25) is 0 Å². The van der Waals surface area contributed by atoms with Gasteiger partial charge in [-0.05, 0) is 36.2 Å². The van der Waals surface area contributed by atoms with E-state index in [0.717, 1.165) is 41.9 Å². The Bertz CT molecular complexity index is 812. The molecule has 0 aliphatic rings. The summed E-state index contributed by atoms with van der Waals surface area (Å²) < 4.78 is 15.3. The molecule has 0 aliphatic carbocycles. The Hall–Kier alpha value is -2.10. The van der Waals surface area contributed by atoms with Crippen LogP contribution in [0.15, 0.2) is 47.8 Å². The number of rotatable bonds is 6. The Morgan fingerprint density at radius 3 is 2.92 bits per heavy atom. The Morgan fingerprint density at radius 2 is 2.16 bits per heavy atom. The minimum atomic E-state index is -0.215. The van der Waals surface area contributed by atoms with Gasteiger partial charge in [-0.3, -0.25) is 9.67 Å². The van der Waals surface area contributed by atoms with Crippen molar-refractivity contribution in [3.05, 3.63) is 54.2 Å². The van der Waals surface area contributed by atoms with E-state index in [0.29, 0.717) is 6.54 Å². The summed E-state index contributed by atoms with van der Waals surface area (Å²) in [6.07, 6.45) is 6.40. The lowest BCUT2D eigenvalue weighted by molar-refractivity contribution is 0.598. The second-order valence-electron chi connectivity index (χ2n) is 5.45. The van der Waals surface area contributed by atoms with E-state index in [1.54, 1.807) is 25.4 Å². The predicted octanol–water partition coefficient (Wildman–Crippen LogP) is 2.53. The maximum atomic E-state index is 13.4. The number of hydrogen-bond acceptors (Lipinski definition) is 2. The van der Waals surface area contributed by atoms with E-state index in [-0.39, 0.29) is 29.8 Å². The van der Waals surface area contributed by atoms with Gasteiger partial charge < -0.3 is 15.6 Å².